The maximum absolute atomic E-state index is 12.0. The Morgan fingerprint density at radius 2 is 1.81 bits per heavy atom. The topological polar surface area (TPSA) is 118 Å². The van der Waals surface area contributed by atoms with Gasteiger partial charge in [0.2, 0.25) is 0 Å². The van der Waals surface area contributed by atoms with Crippen LogP contribution in [0, 0.1) is 0 Å². The molecule has 0 fully saturated rings. The number of ether oxygens (including phenoxy) is 2. The molecule has 1 atom stereocenters. The van der Waals surface area contributed by atoms with E-state index in [9.17, 15) is 14.4 Å². The zero-order valence-electron chi connectivity index (χ0n) is 18.4. The van der Waals surface area contributed by atoms with E-state index in [1.54, 1.807) is 25.1 Å². The summed E-state index contributed by atoms with van der Waals surface area (Å²) in [6.45, 7) is 3.95. The fourth-order valence-electron chi connectivity index (χ4n) is 2.48. The fraction of sp³-hybridized carbons (Fsp3) is 0.304. The van der Waals surface area contributed by atoms with E-state index in [2.05, 4.69) is 21.2 Å². The maximum Gasteiger partial charge on any atom is 0.329 e. The molecule has 2 rings (SSSR count). The normalized spacial score (nSPS) is 11.5. The van der Waals surface area contributed by atoms with E-state index in [0.29, 0.717) is 30.0 Å². The first-order valence-corrected chi connectivity index (χ1v) is 10.2. The number of rotatable bonds is 10. The van der Waals surface area contributed by atoms with E-state index in [4.69, 9.17) is 9.47 Å². The highest BCUT2D eigenvalue weighted by Crippen LogP contribution is 2.27. The van der Waals surface area contributed by atoms with Gasteiger partial charge in [-0.2, -0.15) is 5.10 Å². The van der Waals surface area contributed by atoms with Crippen molar-refractivity contribution < 1.29 is 23.9 Å². The molecule has 0 aliphatic carbocycles. The Kier molecular flexibility index (Phi) is 9.70. The molecule has 3 N–H and O–H groups in total. The summed E-state index contributed by atoms with van der Waals surface area (Å²) in [7, 11) is 1.47. The van der Waals surface area contributed by atoms with Gasteiger partial charge in [0.25, 0.3) is 5.91 Å². The minimum Gasteiger partial charge on any atom is -0.493 e. The number of amides is 3. The van der Waals surface area contributed by atoms with E-state index < -0.39 is 11.8 Å². The van der Waals surface area contributed by atoms with Crippen molar-refractivity contribution in [2.75, 3.05) is 13.7 Å². The number of hydrogen-bond acceptors (Lipinski definition) is 6. The Morgan fingerprint density at radius 3 is 2.50 bits per heavy atom. The molecular weight excluding hydrogens is 412 g/mol. The molecule has 0 saturated carbocycles. The summed E-state index contributed by atoms with van der Waals surface area (Å²) in [5.74, 6) is -1.08. The Bertz CT molecular complexity index is 947. The van der Waals surface area contributed by atoms with E-state index in [0.717, 1.165) is 5.56 Å². The number of benzene rings is 2. The standard InChI is InChI=1S/C23H28N4O5/c1-4-16(2)26-22(29)23(30)27-25-14-18-10-11-19(20(12-18)31-3)32-15-21(28)24-13-17-8-6-5-7-9-17/h5-12,14,16H,4,13,15H2,1-3H3,(H,24,28)(H,26,29)(H,27,30)/b25-14-/t16-/m1/s1. The van der Waals surface area contributed by atoms with Crippen LogP contribution in [0.4, 0.5) is 0 Å². The first-order chi connectivity index (χ1) is 15.4. The number of nitrogens with one attached hydrogen (secondary N) is 3. The lowest BCUT2D eigenvalue weighted by Crippen LogP contribution is -2.41. The molecule has 2 aromatic carbocycles. The zero-order chi connectivity index (χ0) is 23.3. The van der Waals surface area contributed by atoms with Crippen molar-refractivity contribution in [1.82, 2.24) is 16.1 Å². The van der Waals surface area contributed by atoms with Crippen LogP contribution in [0.3, 0.4) is 0 Å². The highest BCUT2D eigenvalue weighted by atomic mass is 16.5. The van der Waals surface area contributed by atoms with Gasteiger partial charge >= 0.3 is 11.8 Å². The summed E-state index contributed by atoms with van der Waals surface area (Å²) in [6.07, 6.45) is 2.08. The smallest absolute Gasteiger partial charge is 0.329 e. The molecule has 0 aromatic heterocycles. The lowest BCUT2D eigenvalue weighted by molar-refractivity contribution is -0.139. The largest absolute Gasteiger partial charge is 0.493 e. The summed E-state index contributed by atoms with van der Waals surface area (Å²) in [4.78, 5) is 35.5. The Balaban J connectivity index is 1.86. The molecular formula is C23H28N4O5. The van der Waals surface area contributed by atoms with Crippen LogP contribution in [0.1, 0.15) is 31.4 Å². The lowest BCUT2D eigenvalue weighted by Gasteiger charge is -2.11. The number of carbonyl (C=O) groups is 3. The molecule has 0 aliphatic rings. The van der Waals surface area contributed by atoms with Gasteiger partial charge in [0.15, 0.2) is 18.1 Å². The lowest BCUT2D eigenvalue weighted by atomic mass is 10.2. The van der Waals surface area contributed by atoms with E-state index >= 15 is 0 Å². The van der Waals surface area contributed by atoms with E-state index in [-0.39, 0.29) is 18.6 Å². The van der Waals surface area contributed by atoms with Gasteiger partial charge in [-0.1, -0.05) is 37.3 Å². The van der Waals surface area contributed by atoms with Crippen molar-refractivity contribution in [3.8, 4) is 11.5 Å². The second-order valence-corrected chi connectivity index (χ2v) is 6.94. The maximum atomic E-state index is 12.0. The van der Waals surface area contributed by atoms with Crippen molar-refractivity contribution in [3.63, 3.8) is 0 Å². The monoisotopic (exact) mass is 440 g/mol. The van der Waals surface area contributed by atoms with Gasteiger partial charge < -0.3 is 20.1 Å². The molecule has 9 heteroatoms. The van der Waals surface area contributed by atoms with Gasteiger partial charge in [-0.3, -0.25) is 14.4 Å². The molecule has 0 bridgehead atoms. The molecule has 170 valence electrons. The van der Waals surface area contributed by atoms with Gasteiger partial charge in [-0.15, -0.1) is 0 Å². The van der Waals surface area contributed by atoms with Crippen molar-refractivity contribution >= 4 is 23.9 Å². The summed E-state index contributed by atoms with van der Waals surface area (Å²) >= 11 is 0. The quantitative estimate of drug-likeness (QED) is 0.296. The molecule has 0 unspecified atom stereocenters. The van der Waals surface area contributed by atoms with Crippen LogP contribution in [0.15, 0.2) is 53.6 Å². The average molecular weight is 441 g/mol. The SMILES string of the molecule is CC[C@@H](C)NC(=O)C(=O)N/N=C\c1ccc(OCC(=O)NCc2ccccc2)c(OC)c1. The predicted octanol–water partition coefficient (Wildman–Crippen LogP) is 1.76. The molecule has 2 aromatic rings. The Labute approximate surface area is 187 Å². The van der Waals surface area contributed by atoms with Crippen LogP contribution in [-0.4, -0.2) is 43.7 Å². The molecule has 32 heavy (non-hydrogen) atoms. The number of carbonyl (C=O) groups excluding carboxylic acids is 3. The third-order valence-electron chi connectivity index (χ3n) is 4.45. The summed E-state index contributed by atoms with van der Waals surface area (Å²) in [6, 6.07) is 14.4. The Morgan fingerprint density at radius 1 is 1.06 bits per heavy atom. The molecule has 0 aliphatic heterocycles. The average Bonchev–Trinajstić information content (AvgIpc) is 2.82. The first-order valence-electron chi connectivity index (χ1n) is 10.2. The number of hydrazone groups is 1. The van der Waals surface area contributed by atoms with Crippen LogP contribution in [-0.2, 0) is 20.9 Å². The van der Waals surface area contributed by atoms with Crippen molar-refractivity contribution in [2.24, 2.45) is 5.10 Å². The van der Waals surface area contributed by atoms with Gasteiger partial charge in [0.05, 0.1) is 13.3 Å². The first kappa shape index (κ1) is 24.4. The minimum atomic E-state index is -0.852. The fourth-order valence-corrected chi connectivity index (χ4v) is 2.48. The van der Waals surface area contributed by atoms with Crippen LogP contribution >= 0.6 is 0 Å². The van der Waals surface area contributed by atoms with Gasteiger partial charge in [-0.25, -0.2) is 5.43 Å². The van der Waals surface area contributed by atoms with Gasteiger partial charge in [0, 0.05) is 12.6 Å². The van der Waals surface area contributed by atoms with Crippen LogP contribution in [0.5, 0.6) is 11.5 Å². The molecule has 0 heterocycles. The molecule has 0 saturated heterocycles. The van der Waals surface area contributed by atoms with E-state index in [1.807, 2.05) is 37.3 Å². The highest BCUT2D eigenvalue weighted by Gasteiger charge is 2.14. The van der Waals surface area contributed by atoms with Crippen LogP contribution in [0.2, 0.25) is 0 Å². The number of hydrogen-bond donors (Lipinski definition) is 3. The minimum absolute atomic E-state index is 0.102. The number of methoxy groups -OCH3 is 1. The highest BCUT2D eigenvalue weighted by molar-refractivity contribution is 6.35. The number of nitrogens with zero attached hydrogens (tertiary/aromatic N) is 1. The van der Waals surface area contributed by atoms with Gasteiger partial charge in [0.1, 0.15) is 0 Å². The Hall–Kier alpha value is -3.88. The molecule has 9 nitrogen and oxygen atoms in total. The van der Waals surface area contributed by atoms with Crippen LogP contribution in [0.25, 0.3) is 0 Å². The second-order valence-electron chi connectivity index (χ2n) is 6.94. The summed E-state index contributed by atoms with van der Waals surface area (Å²) in [5, 5.41) is 9.12. The second kappa shape index (κ2) is 12.7. The zero-order valence-corrected chi connectivity index (χ0v) is 18.4. The third kappa shape index (κ3) is 8.10. The molecule has 0 radical (unpaired) electrons. The summed E-state index contributed by atoms with van der Waals surface area (Å²) in [5.41, 5.74) is 3.77. The van der Waals surface area contributed by atoms with Crippen molar-refractivity contribution in [2.45, 2.75) is 32.9 Å². The summed E-state index contributed by atoms with van der Waals surface area (Å²) < 4.78 is 10.9. The van der Waals surface area contributed by atoms with Gasteiger partial charge in [-0.05, 0) is 42.7 Å². The van der Waals surface area contributed by atoms with Crippen LogP contribution < -0.4 is 25.5 Å². The van der Waals surface area contributed by atoms with Crippen molar-refractivity contribution in [3.05, 3.63) is 59.7 Å². The molecule has 0 spiro atoms. The van der Waals surface area contributed by atoms with E-state index in [1.165, 1.54) is 13.3 Å². The predicted molar refractivity (Wildman–Crippen MR) is 120 cm³/mol. The third-order valence-corrected chi connectivity index (χ3v) is 4.45. The molecule has 3 amide bonds. The van der Waals surface area contributed by atoms with Crippen molar-refractivity contribution in [1.29, 1.82) is 0 Å².